The topological polar surface area (TPSA) is 41.1 Å². The lowest BCUT2D eigenvalue weighted by Crippen LogP contribution is -2.13. The van der Waals surface area contributed by atoms with Crippen molar-refractivity contribution >= 4 is 28.9 Å². The molecule has 104 valence electrons. The van der Waals surface area contributed by atoms with Crippen molar-refractivity contribution in [1.29, 1.82) is 0 Å². The van der Waals surface area contributed by atoms with Gasteiger partial charge in [0.15, 0.2) is 0 Å². The van der Waals surface area contributed by atoms with Crippen molar-refractivity contribution in [2.75, 3.05) is 17.7 Å². The van der Waals surface area contributed by atoms with Gasteiger partial charge in [-0.25, -0.2) is 0 Å². The Hall–Kier alpha value is -2.00. The molecule has 0 saturated heterocycles. The fourth-order valence-electron chi connectivity index (χ4n) is 2.01. The number of hydrogen-bond donors (Lipinski definition) is 2. The first-order valence-electron chi connectivity index (χ1n) is 6.37. The quantitative estimate of drug-likeness (QED) is 0.886. The van der Waals surface area contributed by atoms with Crippen LogP contribution in [0.1, 0.15) is 21.5 Å². The highest BCUT2D eigenvalue weighted by Crippen LogP contribution is 2.22. The summed E-state index contributed by atoms with van der Waals surface area (Å²) in [6.45, 7) is 3.90. The highest BCUT2D eigenvalue weighted by molar-refractivity contribution is 6.31. The van der Waals surface area contributed by atoms with Gasteiger partial charge in [0.1, 0.15) is 0 Å². The number of rotatable bonds is 3. The first-order valence-corrected chi connectivity index (χ1v) is 6.75. The fraction of sp³-hybridized carbons (Fsp3) is 0.188. The number of nitrogens with one attached hydrogen (secondary N) is 2. The standard InChI is InChI=1S/C16H17ClN2O/c1-10-4-6-13(17)9-15(10)19-16(20)12-5-7-14(18-3)11(2)8-12/h4-9,18H,1-3H3,(H,19,20). The zero-order chi connectivity index (χ0) is 14.7. The van der Waals surface area contributed by atoms with E-state index >= 15 is 0 Å². The average Bonchev–Trinajstić information content (AvgIpc) is 2.42. The van der Waals surface area contributed by atoms with Crippen LogP contribution in [0.3, 0.4) is 0 Å². The fourth-order valence-corrected chi connectivity index (χ4v) is 2.18. The van der Waals surface area contributed by atoms with Gasteiger partial charge in [-0.2, -0.15) is 0 Å². The van der Waals surface area contributed by atoms with Gasteiger partial charge in [-0.05, 0) is 55.3 Å². The van der Waals surface area contributed by atoms with Gasteiger partial charge in [-0.15, -0.1) is 0 Å². The van der Waals surface area contributed by atoms with Crippen molar-refractivity contribution in [3.05, 3.63) is 58.1 Å². The van der Waals surface area contributed by atoms with Crippen LogP contribution in [0.4, 0.5) is 11.4 Å². The molecule has 2 aromatic carbocycles. The highest BCUT2D eigenvalue weighted by Gasteiger charge is 2.09. The number of anilines is 2. The Bertz CT molecular complexity index is 653. The van der Waals surface area contributed by atoms with E-state index in [4.69, 9.17) is 11.6 Å². The molecule has 0 atom stereocenters. The molecule has 0 radical (unpaired) electrons. The Labute approximate surface area is 124 Å². The molecule has 20 heavy (non-hydrogen) atoms. The Balaban J connectivity index is 2.24. The second-order valence-corrected chi connectivity index (χ2v) is 5.13. The van der Waals surface area contributed by atoms with Gasteiger partial charge >= 0.3 is 0 Å². The number of carbonyl (C=O) groups excluding carboxylic acids is 1. The maximum absolute atomic E-state index is 12.3. The van der Waals surface area contributed by atoms with Crippen molar-refractivity contribution in [2.45, 2.75) is 13.8 Å². The second kappa shape index (κ2) is 5.97. The minimum atomic E-state index is -0.138. The van der Waals surface area contributed by atoms with Gasteiger partial charge in [0.05, 0.1) is 0 Å². The van der Waals surface area contributed by atoms with E-state index in [0.29, 0.717) is 10.6 Å². The van der Waals surface area contributed by atoms with Crippen LogP contribution in [0.2, 0.25) is 5.02 Å². The van der Waals surface area contributed by atoms with E-state index in [1.54, 1.807) is 18.2 Å². The third-order valence-corrected chi connectivity index (χ3v) is 3.44. The highest BCUT2D eigenvalue weighted by atomic mass is 35.5. The Morgan fingerprint density at radius 3 is 2.40 bits per heavy atom. The predicted octanol–water partition coefficient (Wildman–Crippen LogP) is 4.25. The van der Waals surface area contributed by atoms with Crippen LogP contribution < -0.4 is 10.6 Å². The van der Waals surface area contributed by atoms with Crippen LogP contribution in [-0.4, -0.2) is 13.0 Å². The lowest BCUT2D eigenvalue weighted by molar-refractivity contribution is 0.102. The molecule has 1 amide bonds. The zero-order valence-corrected chi connectivity index (χ0v) is 12.5. The van der Waals surface area contributed by atoms with Crippen LogP contribution >= 0.6 is 11.6 Å². The molecule has 0 fully saturated rings. The summed E-state index contributed by atoms with van der Waals surface area (Å²) in [5.74, 6) is -0.138. The number of halogens is 1. The monoisotopic (exact) mass is 288 g/mol. The summed E-state index contributed by atoms with van der Waals surface area (Å²) in [6.07, 6.45) is 0. The van der Waals surface area contributed by atoms with Crippen molar-refractivity contribution in [1.82, 2.24) is 0 Å². The molecule has 0 aliphatic rings. The molecule has 4 heteroatoms. The van der Waals surface area contributed by atoms with Gasteiger partial charge in [0.25, 0.3) is 5.91 Å². The van der Waals surface area contributed by atoms with Gasteiger partial charge in [-0.1, -0.05) is 17.7 Å². The van der Waals surface area contributed by atoms with Crippen molar-refractivity contribution in [3.63, 3.8) is 0 Å². The zero-order valence-electron chi connectivity index (χ0n) is 11.8. The van der Waals surface area contributed by atoms with Crippen LogP contribution in [0, 0.1) is 13.8 Å². The van der Waals surface area contributed by atoms with E-state index in [9.17, 15) is 4.79 Å². The van der Waals surface area contributed by atoms with E-state index in [-0.39, 0.29) is 5.91 Å². The molecule has 0 unspecified atom stereocenters. The first kappa shape index (κ1) is 14.4. The lowest BCUT2D eigenvalue weighted by Gasteiger charge is -2.11. The maximum Gasteiger partial charge on any atom is 0.255 e. The SMILES string of the molecule is CNc1ccc(C(=O)Nc2cc(Cl)ccc2C)cc1C. The van der Waals surface area contributed by atoms with Crippen molar-refractivity contribution in [3.8, 4) is 0 Å². The third-order valence-electron chi connectivity index (χ3n) is 3.21. The summed E-state index contributed by atoms with van der Waals surface area (Å²) in [5.41, 5.74) is 4.38. The number of carbonyl (C=O) groups is 1. The first-order chi connectivity index (χ1) is 9.51. The normalized spacial score (nSPS) is 10.2. The van der Waals surface area contributed by atoms with Gasteiger partial charge < -0.3 is 10.6 Å². The predicted molar refractivity (Wildman–Crippen MR) is 84.9 cm³/mol. The number of hydrogen-bond acceptors (Lipinski definition) is 2. The summed E-state index contributed by atoms with van der Waals surface area (Å²) < 4.78 is 0. The molecular formula is C16H17ClN2O. The summed E-state index contributed by atoms with van der Waals surface area (Å²) in [6, 6.07) is 11.0. The molecule has 0 heterocycles. The second-order valence-electron chi connectivity index (χ2n) is 4.69. The van der Waals surface area contributed by atoms with E-state index < -0.39 is 0 Å². The molecule has 2 rings (SSSR count). The molecule has 0 aromatic heterocycles. The van der Waals surface area contributed by atoms with E-state index in [1.807, 2.05) is 39.1 Å². The summed E-state index contributed by atoms with van der Waals surface area (Å²) in [4.78, 5) is 12.3. The maximum atomic E-state index is 12.3. The number of aryl methyl sites for hydroxylation is 2. The Kier molecular flexibility index (Phi) is 4.30. The summed E-state index contributed by atoms with van der Waals surface area (Å²) in [7, 11) is 1.86. The average molecular weight is 289 g/mol. The largest absolute Gasteiger partial charge is 0.388 e. The lowest BCUT2D eigenvalue weighted by atomic mass is 10.1. The molecule has 0 aliphatic carbocycles. The number of amides is 1. The van der Waals surface area contributed by atoms with Crippen molar-refractivity contribution < 1.29 is 4.79 Å². The van der Waals surface area contributed by atoms with Crippen LogP contribution in [-0.2, 0) is 0 Å². The third kappa shape index (κ3) is 3.11. The summed E-state index contributed by atoms with van der Waals surface area (Å²) >= 11 is 5.95. The van der Waals surface area contributed by atoms with E-state index in [0.717, 1.165) is 22.5 Å². The molecule has 0 spiro atoms. The molecule has 3 nitrogen and oxygen atoms in total. The van der Waals surface area contributed by atoms with Crippen molar-refractivity contribution in [2.24, 2.45) is 0 Å². The Morgan fingerprint density at radius 2 is 1.75 bits per heavy atom. The molecule has 2 N–H and O–H groups in total. The molecule has 0 saturated carbocycles. The molecular weight excluding hydrogens is 272 g/mol. The van der Waals surface area contributed by atoms with Crippen LogP contribution in [0.25, 0.3) is 0 Å². The molecule has 0 aliphatic heterocycles. The minimum absolute atomic E-state index is 0.138. The van der Waals surface area contributed by atoms with Gasteiger partial charge in [0.2, 0.25) is 0 Å². The van der Waals surface area contributed by atoms with E-state index in [2.05, 4.69) is 10.6 Å². The van der Waals surface area contributed by atoms with Gasteiger partial charge in [-0.3, -0.25) is 4.79 Å². The van der Waals surface area contributed by atoms with Gasteiger partial charge in [0, 0.05) is 29.0 Å². The minimum Gasteiger partial charge on any atom is -0.388 e. The Morgan fingerprint density at radius 1 is 1.00 bits per heavy atom. The van der Waals surface area contributed by atoms with Crippen LogP contribution in [0.5, 0.6) is 0 Å². The summed E-state index contributed by atoms with van der Waals surface area (Å²) in [5, 5.41) is 6.57. The molecule has 0 bridgehead atoms. The van der Waals surface area contributed by atoms with Crippen LogP contribution in [0.15, 0.2) is 36.4 Å². The molecule has 2 aromatic rings. The smallest absolute Gasteiger partial charge is 0.255 e. The number of benzene rings is 2. The van der Waals surface area contributed by atoms with E-state index in [1.165, 1.54) is 0 Å².